The molecule has 8 heteroatoms. The van der Waals surface area contributed by atoms with Gasteiger partial charge in [0.2, 0.25) is 5.91 Å². The summed E-state index contributed by atoms with van der Waals surface area (Å²) in [6.07, 6.45) is 4.51. The lowest BCUT2D eigenvalue weighted by Crippen LogP contribution is -2.50. The maximum absolute atomic E-state index is 12.8. The van der Waals surface area contributed by atoms with Crippen LogP contribution in [0.1, 0.15) is 45.4 Å². The number of carboxylic acid groups (broad SMARTS) is 1. The predicted octanol–water partition coefficient (Wildman–Crippen LogP) is 0.810. The smallest absolute Gasteiger partial charge is 0.325 e. The molecule has 0 radical (unpaired) electrons. The molecule has 1 spiro atoms. The molecule has 0 bridgehead atoms. The van der Waals surface area contributed by atoms with E-state index in [-0.39, 0.29) is 24.9 Å². The minimum Gasteiger partial charge on any atom is -0.481 e. The van der Waals surface area contributed by atoms with Gasteiger partial charge in [0.05, 0.1) is 5.92 Å². The number of rotatable bonds is 4. The first-order valence-corrected chi connectivity index (χ1v) is 9.01. The first kappa shape index (κ1) is 17.7. The van der Waals surface area contributed by atoms with Gasteiger partial charge in [0.15, 0.2) is 0 Å². The van der Waals surface area contributed by atoms with Gasteiger partial charge in [0, 0.05) is 13.1 Å². The molecule has 0 aromatic carbocycles. The van der Waals surface area contributed by atoms with Crippen molar-refractivity contribution in [3.8, 4) is 0 Å². The highest BCUT2D eigenvalue weighted by atomic mass is 16.4. The monoisotopic (exact) mass is 351 g/mol. The van der Waals surface area contributed by atoms with E-state index in [1.54, 1.807) is 0 Å². The van der Waals surface area contributed by atoms with E-state index in [1.165, 1.54) is 4.90 Å². The number of imide groups is 1. The lowest BCUT2D eigenvalue weighted by Gasteiger charge is -2.34. The Balaban J connectivity index is 1.62. The van der Waals surface area contributed by atoms with Crippen LogP contribution in [-0.2, 0) is 14.4 Å². The molecular weight excluding hydrogens is 326 g/mol. The Labute approximate surface area is 146 Å². The average Bonchev–Trinajstić information content (AvgIpc) is 3.16. The van der Waals surface area contributed by atoms with Crippen LogP contribution in [-0.4, -0.2) is 63.9 Å². The van der Waals surface area contributed by atoms with E-state index < -0.39 is 23.5 Å². The van der Waals surface area contributed by atoms with Gasteiger partial charge in [-0.15, -0.1) is 0 Å². The molecule has 3 rings (SSSR count). The van der Waals surface area contributed by atoms with Gasteiger partial charge in [-0.2, -0.15) is 0 Å². The van der Waals surface area contributed by atoms with E-state index in [0.717, 1.165) is 24.2 Å². The number of nitrogens with one attached hydrogen (secondary N) is 1. The van der Waals surface area contributed by atoms with Crippen molar-refractivity contribution in [2.75, 3.05) is 19.6 Å². The zero-order chi connectivity index (χ0) is 18.2. The number of urea groups is 1. The first-order valence-electron chi connectivity index (χ1n) is 9.01. The molecule has 138 valence electrons. The standard InChI is InChI=1S/C17H25N3O5/c1-2-11-3-6-17(7-4-11)15(24)20(16(25)18-17)10-13(21)19-8-5-12(9-19)14(22)23/h11-12H,2-10H2,1H3,(H,18,25)(H,22,23). The van der Waals surface area contributed by atoms with Crippen molar-refractivity contribution < 1.29 is 24.3 Å². The Hall–Kier alpha value is -2.12. The molecule has 3 fully saturated rings. The molecule has 2 heterocycles. The average molecular weight is 351 g/mol. The van der Waals surface area contributed by atoms with E-state index >= 15 is 0 Å². The third-order valence-corrected chi connectivity index (χ3v) is 5.97. The molecule has 0 aromatic heterocycles. The molecule has 2 aliphatic heterocycles. The van der Waals surface area contributed by atoms with Gasteiger partial charge in [-0.05, 0) is 38.0 Å². The van der Waals surface area contributed by atoms with Crippen molar-refractivity contribution in [3.05, 3.63) is 0 Å². The topological polar surface area (TPSA) is 107 Å². The van der Waals surface area contributed by atoms with Crippen molar-refractivity contribution in [2.45, 2.75) is 51.0 Å². The van der Waals surface area contributed by atoms with Gasteiger partial charge >= 0.3 is 12.0 Å². The molecule has 1 aliphatic carbocycles. The predicted molar refractivity (Wildman–Crippen MR) is 87.5 cm³/mol. The Kier molecular flexibility index (Phi) is 4.71. The summed E-state index contributed by atoms with van der Waals surface area (Å²) in [7, 11) is 0. The molecule has 1 saturated carbocycles. The number of aliphatic carboxylic acids is 1. The summed E-state index contributed by atoms with van der Waals surface area (Å²) >= 11 is 0. The zero-order valence-corrected chi connectivity index (χ0v) is 14.5. The summed E-state index contributed by atoms with van der Waals surface area (Å²) in [5.74, 6) is -1.58. The summed E-state index contributed by atoms with van der Waals surface area (Å²) in [5, 5.41) is 11.8. The van der Waals surface area contributed by atoms with Crippen LogP contribution >= 0.6 is 0 Å². The van der Waals surface area contributed by atoms with Gasteiger partial charge in [-0.1, -0.05) is 13.3 Å². The Morgan fingerprint density at radius 2 is 1.92 bits per heavy atom. The van der Waals surface area contributed by atoms with Crippen LogP contribution in [0.4, 0.5) is 4.79 Å². The van der Waals surface area contributed by atoms with Crippen LogP contribution in [0.15, 0.2) is 0 Å². The van der Waals surface area contributed by atoms with Crippen molar-refractivity contribution in [3.63, 3.8) is 0 Å². The molecule has 4 amide bonds. The summed E-state index contributed by atoms with van der Waals surface area (Å²) in [6.45, 7) is 2.31. The molecule has 3 aliphatic rings. The minimum atomic E-state index is -0.920. The van der Waals surface area contributed by atoms with Crippen LogP contribution in [0, 0.1) is 11.8 Å². The lowest BCUT2D eigenvalue weighted by atomic mass is 9.75. The van der Waals surface area contributed by atoms with Crippen molar-refractivity contribution in [1.82, 2.24) is 15.1 Å². The van der Waals surface area contributed by atoms with Crippen molar-refractivity contribution in [2.24, 2.45) is 11.8 Å². The van der Waals surface area contributed by atoms with Gasteiger partial charge in [0.1, 0.15) is 12.1 Å². The normalized spacial score (nSPS) is 32.4. The van der Waals surface area contributed by atoms with Crippen LogP contribution < -0.4 is 5.32 Å². The molecule has 1 unspecified atom stereocenters. The lowest BCUT2D eigenvalue weighted by molar-refractivity contribution is -0.142. The first-order chi connectivity index (χ1) is 11.9. The quantitative estimate of drug-likeness (QED) is 0.729. The molecule has 25 heavy (non-hydrogen) atoms. The highest BCUT2D eigenvalue weighted by Crippen LogP contribution is 2.37. The van der Waals surface area contributed by atoms with E-state index in [1.807, 2.05) is 0 Å². The fourth-order valence-corrected chi connectivity index (χ4v) is 4.16. The molecule has 2 saturated heterocycles. The van der Waals surface area contributed by atoms with Gasteiger partial charge in [-0.3, -0.25) is 19.3 Å². The summed E-state index contributed by atoms with van der Waals surface area (Å²) in [6, 6.07) is -0.512. The Bertz CT molecular complexity index is 597. The maximum Gasteiger partial charge on any atom is 0.325 e. The second-order valence-corrected chi connectivity index (χ2v) is 7.42. The van der Waals surface area contributed by atoms with Crippen LogP contribution in [0.3, 0.4) is 0 Å². The maximum atomic E-state index is 12.8. The van der Waals surface area contributed by atoms with Crippen LogP contribution in [0.2, 0.25) is 0 Å². The zero-order valence-electron chi connectivity index (χ0n) is 14.5. The highest BCUT2D eigenvalue weighted by molar-refractivity contribution is 6.09. The third-order valence-electron chi connectivity index (χ3n) is 5.97. The molecular formula is C17H25N3O5. The number of carbonyl (C=O) groups is 4. The largest absolute Gasteiger partial charge is 0.481 e. The molecule has 2 N–H and O–H groups in total. The fraction of sp³-hybridized carbons (Fsp3) is 0.765. The summed E-state index contributed by atoms with van der Waals surface area (Å²) in [4.78, 5) is 50.9. The molecule has 1 atom stereocenters. The van der Waals surface area contributed by atoms with E-state index in [2.05, 4.69) is 12.2 Å². The van der Waals surface area contributed by atoms with Gasteiger partial charge in [0.25, 0.3) is 5.91 Å². The number of nitrogens with zero attached hydrogens (tertiary/aromatic N) is 2. The number of carboxylic acids is 1. The van der Waals surface area contributed by atoms with Gasteiger partial charge in [-0.25, -0.2) is 4.79 Å². The Morgan fingerprint density at radius 3 is 2.48 bits per heavy atom. The van der Waals surface area contributed by atoms with Crippen LogP contribution in [0.5, 0.6) is 0 Å². The van der Waals surface area contributed by atoms with E-state index in [9.17, 15) is 19.2 Å². The van der Waals surface area contributed by atoms with Crippen molar-refractivity contribution >= 4 is 23.8 Å². The number of likely N-dealkylation sites (tertiary alicyclic amines) is 1. The number of hydrogen-bond acceptors (Lipinski definition) is 4. The molecule has 0 aromatic rings. The second-order valence-electron chi connectivity index (χ2n) is 7.42. The number of hydrogen-bond donors (Lipinski definition) is 2. The summed E-state index contributed by atoms with van der Waals surface area (Å²) < 4.78 is 0. The van der Waals surface area contributed by atoms with Crippen LogP contribution in [0.25, 0.3) is 0 Å². The number of amides is 4. The van der Waals surface area contributed by atoms with E-state index in [0.29, 0.717) is 31.7 Å². The second kappa shape index (κ2) is 6.65. The minimum absolute atomic E-state index is 0.140. The Morgan fingerprint density at radius 1 is 1.24 bits per heavy atom. The van der Waals surface area contributed by atoms with E-state index in [4.69, 9.17) is 5.11 Å². The highest BCUT2D eigenvalue weighted by Gasteiger charge is 2.52. The SMILES string of the molecule is CCC1CCC2(CC1)NC(=O)N(CC(=O)N1CCC(C(=O)O)C1)C2=O. The fourth-order valence-electron chi connectivity index (χ4n) is 4.16. The summed E-state index contributed by atoms with van der Waals surface area (Å²) in [5.41, 5.74) is -0.850. The number of carbonyl (C=O) groups excluding carboxylic acids is 3. The van der Waals surface area contributed by atoms with Gasteiger partial charge < -0.3 is 15.3 Å². The third kappa shape index (κ3) is 3.21. The van der Waals surface area contributed by atoms with Crippen molar-refractivity contribution in [1.29, 1.82) is 0 Å². The molecule has 8 nitrogen and oxygen atoms in total.